The molecule has 0 aliphatic carbocycles. The molecular weight excluding hydrogens is 1500 g/mol. The highest BCUT2D eigenvalue weighted by Gasteiger charge is 2.65. The van der Waals surface area contributed by atoms with Gasteiger partial charge in [0, 0.05) is 33.6 Å². The van der Waals surface area contributed by atoms with Gasteiger partial charge in [-0.2, -0.15) is 0 Å². The lowest BCUT2D eigenvalue weighted by atomic mass is 9.87. The predicted molar refractivity (Wildman–Crippen MR) is 332 cm³/mol. The van der Waals surface area contributed by atoms with Crippen molar-refractivity contribution in [2.75, 3.05) is 46.2 Å². The van der Waals surface area contributed by atoms with Gasteiger partial charge in [0.25, 0.3) is 11.6 Å². The predicted octanol–water partition coefficient (Wildman–Crippen LogP) is -18.6. The lowest BCUT2D eigenvalue weighted by Gasteiger charge is -2.53. The summed E-state index contributed by atoms with van der Waals surface area (Å²) in [7, 11) is 0. The summed E-state index contributed by atoms with van der Waals surface area (Å²) in [6, 6.07) is -6.21. The quantitative estimate of drug-likeness (QED) is 0.0318. The number of amides is 3. The monoisotopic (exact) mass is 1600 g/mol. The molecule has 8 aliphatic heterocycles. The number of carboxylic acids is 2. The number of aliphatic hydroxyl groups is 24. The minimum absolute atomic E-state index is 0.822. The van der Waals surface area contributed by atoms with Gasteiger partial charge in [-0.15, -0.1) is 0 Å². The van der Waals surface area contributed by atoms with E-state index in [4.69, 9.17) is 71.1 Å². The maximum absolute atomic E-state index is 14.3. The SMILES string of the molecule is CC(=O)N[C@H]1[C@H](O[C@@H]2[C@H](O[C@]3(C(=O)O)C[C@H](O)[C@@H](NC(C)=O)[C@H]([C@H](O)[C@@H](CO)O[C@]4(C(=O)O)C[C@H](O)[C@@H](NC(C)=O)[C@H]([C@H](O)[C@H](O)CO)O4)O3)[C@@H](O)[C@H](O[C@H]3[C@H](O)[C@@H](O)[C@H](O)O[C@@H]3CO)O[C@@H]2CO)O[C@H](CO)[C@H](O)[C@@H]1O[C@@H]1O[C@H](CO)[C@H](O)[C@H](O[C@H]2O[C@H](CO)[C@H](O)[C@H](O)[C@H]2O)[C@H]1O[C@@H]1O[C@@H](C)[C@@H](O)[C@@H](O)[C@@H]1O. The second-order valence-electron chi connectivity index (χ2n) is 27.4. The van der Waals surface area contributed by atoms with Crippen molar-refractivity contribution in [3.63, 3.8) is 0 Å². The first-order chi connectivity index (χ1) is 51.2. The van der Waals surface area contributed by atoms with E-state index in [0.717, 1.165) is 20.8 Å². The Labute approximate surface area is 615 Å². The van der Waals surface area contributed by atoms with E-state index in [2.05, 4.69) is 16.0 Å². The van der Waals surface area contributed by atoms with Gasteiger partial charge in [0.15, 0.2) is 37.7 Å². The van der Waals surface area contributed by atoms with E-state index in [1.54, 1.807) is 0 Å². The van der Waals surface area contributed by atoms with E-state index in [-0.39, 0.29) is 0 Å². The van der Waals surface area contributed by atoms with Gasteiger partial charge in [-0.1, -0.05) is 0 Å². The number of aliphatic carboxylic acids is 2. The molecule has 0 aromatic carbocycles. The summed E-state index contributed by atoms with van der Waals surface area (Å²) in [6.45, 7) is -5.31. The molecule has 8 aliphatic rings. The number of hydrogen-bond acceptors (Lipinski definition) is 44. The van der Waals surface area contributed by atoms with Crippen LogP contribution in [0.3, 0.4) is 0 Å². The molecule has 8 saturated heterocycles. The second-order valence-corrected chi connectivity index (χ2v) is 27.4. The maximum Gasteiger partial charge on any atom is 0.364 e. The van der Waals surface area contributed by atoms with Crippen molar-refractivity contribution in [1.29, 1.82) is 0 Å². The summed E-state index contributed by atoms with van der Waals surface area (Å²) in [5.41, 5.74) is 0. The highest BCUT2D eigenvalue weighted by atomic mass is 16.8. The van der Waals surface area contributed by atoms with Gasteiger partial charge in [-0.3, -0.25) is 14.4 Å². The Bertz CT molecular complexity index is 2960. The third-order valence-corrected chi connectivity index (χ3v) is 19.8. The Morgan fingerprint density at radius 1 is 0.394 bits per heavy atom. The van der Waals surface area contributed by atoms with Crippen LogP contribution in [0.15, 0.2) is 0 Å². The van der Waals surface area contributed by atoms with E-state index in [9.17, 15) is 157 Å². The van der Waals surface area contributed by atoms with Gasteiger partial charge in [0.1, 0.15) is 177 Å². The van der Waals surface area contributed by atoms with Gasteiger partial charge >= 0.3 is 11.9 Å². The summed E-state index contributed by atoms with van der Waals surface area (Å²) in [5, 5.41) is 295. The molecule has 3 amide bonds. The number of aliphatic hydroxyl groups excluding tert-OH is 24. The van der Waals surface area contributed by atoms with E-state index in [1.165, 1.54) is 6.92 Å². The highest BCUT2D eigenvalue weighted by molar-refractivity contribution is 5.77. The Morgan fingerprint density at radius 2 is 0.807 bits per heavy atom. The number of carbonyl (C=O) groups is 5. The van der Waals surface area contributed by atoms with E-state index >= 15 is 0 Å². The van der Waals surface area contributed by atoms with Gasteiger partial charge in [0.05, 0.1) is 76.6 Å². The van der Waals surface area contributed by atoms with Gasteiger partial charge in [0.2, 0.25) is 17.7 Å². The van der Waals surface area contributed by atoms with Crippen LogP contribution in [0.2, 0.25) is 0 Å². The smallest absolute Gasteiger partial charge is 0.364 e. The summed E-state index contributed by atoms with van der Waals surface area (Å²) in [4.78, 5) is 66.4. The number of rotatable bonds is 30. The molecule has 0 radical (unpaired) electrons. The van der Waals surface area contributed by atoms with Crippen molar-refractivity contribution < 1.29 is 228 Å². The van der Waals surface area contributed by atoms with Crippen LogP contribution in [0.25, 0.3) is 0 Å². The molecule has 630 valence electrons. The lowest BCUT2D eigenvalue weighted by molar-refractivity contribution is -0.410. The molecule has 42 atom stereocenters. The van der Waals surface area contributed by atoms with Crippen LogP contribution >= 0.6 is 0 Å². The largest absolute Gasteiger partial charge is 0.477 e. The lowest BCUT2D eigenvalue weighted by Crippen LogP contribution is -2.73. The molecule has 0 bridgehead atoms. The van der Waals surface area contributed by atoms with Gasteiger partial charge in [-0.25, -0.2) is 9.59 Å². The molecule has 8 fully saturated rings. The van der Waals surface area contributed by atoms with Crippen LogP contribution in [-0.4, -0.2) is 465 Å². The topological polar surface area (TPSA) is 786 Å². The van der Waals surface area contributed by atoms with Gasteiger partial charge in [-0.05, 0) is 6.92 Å². The van der Waals surface area contributed by atoms with Crippen molar-refractivity contribution in [1.82, 2.24) is 16.0 Å². The minimum atomic E-state index is -3.75. The van der Waals surface area contributed by atoms with Crippen LogP contribution in [-0.2, 0) is 95.0 Å². The third-order valence-electron chi connectivity index (χ3n) is 19.8. The number of carboxylic acid groups (broad SMARTS) is 2. The third kappa shape index (κ3) is 19.3. The van der Waals surface area contributed by atoms with Crippen molar-refractivity contribution >= 4 is 29.7 Å². The second kappa shape index (κ2) is 38.0. The molecule has 109 heavy (non-hydrogen) atoms. The Hall–Kier alpha value is -4.21. The molecule has 0 aromatic heterocycles. The van der Waals surface area contributed by atoms with Crippen LogP contribution in [0.1, 0.15) is 40.5 Å². The van der Waals surface area contributed by atoms with Crippen molar-refractivity contribution in [3.05, 3.63) is 0 Å². The van der Waals surface area contributed by atoms with Crippen LogP contribution in [0.5, 0.6) is 0 Å². The maximum atomic E-state index is 14.3. The number of nitrogens with one attached hydrogen (secondary N) is 3. The zero-order valence-electron chi connectivity index (χ0n) is 58.3. The standard InChI is InChI=1S/C60H99N3O46/c1-14-30(77)36(83)40(87)53(95-14)105-50-48(104-54-41(88)37(84)32(79)21(8-65)98-54)34(81)23(10-67)99-56(50)103-45-29(63-17(4)73)52(97-22(9-66)33(45)80)102-44-26(13-70)100-55(101-43-25(12-69)96-51(90)39(86)38(43)85)42(89)49(44)109-60(58(93)94)6-19(75)28(62-16(3)72)47(108-60)35(82)24(11-68)106-59(57(91)92)5-18(74)27(61-15(2)71)46(107-59)31(78)20(76)7-64/h14,18-56,64-70,74-90H,5-13H2,1-4H3,(H,61,71)(H,62,72)(H,63,73)(H,91,92)(H,93,94)/t14-,18-,19-,20+,21+,22+,23+,24+,25+,26+,27+,28+,29+,30+,31+,32-,33-,34-,35+,36+,37-,38+,39+,40-,41+,42+,43+,44-,45+,46+,47+,48-,49+,50+,51+,52-,53-,54+,55-,56-,59+,60-/m0/s1. The normalized spacial score (nSPS) is 46.9. The zero-order valence-corrected chi connectivity index (χ0v) is 58.3. The molecular formula is C60H99N3O46. The molecule has 8 heterocycles. The molecule has 29 N–H and O–H groups in total. The molecule has 49 heteroatoms. The average molecular weight is 1600 g/mol. The first-order valence-electron chi connectivity index (χ1n) is 34.3. The van der Waals surface area contributed by atoms with E-state index in [0.29, 0.717) is 0 Å². The molecule has 49 nitrogen and oxygen atoms in total. The first kappa shape index (κ1) is 90.3. The molecule has 0 aromatic rings. The van der Waals surface area contributed by atoms with Crippen LogP contribution < -0.4 is 16.0 Å². The fourth-order valence-corrected chi connectivity index (χ4v) is 14.0. The Morgan fingerprint density at radius 3 is 1.33 bits per heavy atom. The highest BCUT2D eigenvalue weighted by Crippen LogP contribution is 2.44. The fraction of sp³-hybridized carbons (Fsp3) is 0.917. The van der Waals surface area contributed by atoms with Crippen molar-refractivity contribution in [2.24, 2.45) is 0 Å². The summed E-state index contributed by atoms with van der Waals surface area (Å²) in [5.74, 6) is -15.0. The summed E-state index contributed by atoms with van der Waals surface area (Å²) >= 11 is 0. The van der Waals surface area contributed by atoms with Crippen LogP contribution in [0, 0.1) is 0 Å². The molecule has 0 saturated carbocycles. The molecule has 0 unspecified atom stereocenters. The zero-order chi connectivity index (χ0) is 81.1. The van der Waals surface area contributed by atoms with Gasteiger partial charge < -0.3 is 220 Å². The Balaban J connectivity index is 1.23. The fourth-order valence-electron chi connectivity index (χ4n) is 14.0. The number of ether oxygens (including phenoxy) is 15. The van der Waals surface area contributed by atoms with Crippen molar-refractivity contribution in [2.45, 2.75) is 297 Å². The van der Waals surface area contributed by atoms with Crippen molar-refractivity contribution in [3.8, 4) is 0 Å². The number of hydrogen-bond donors (Lipinski definition) is 29. The average Bonchev–Trinajstić information content (AvgIpc) is 0.750. The van der Waals surface area contributed by atoms with E-state index < -0.39 is 345 Å². The van der Waals surface area contributed by atoms with E-state index in [1.807, 2.05) is 0 Å². The summed E-state index contributed by atoms with van der Waals surface area (Å²) < 4.78 is 88.6. The minimum Gasteiger partial charge on any atom is -0.477 e. The number of carbonyl (C=O) groups excluding carboxylic acids is 3. The Kier molecular flexibility index (Phi) is 31.5. The van der Waals surface area contributed by atoms with Crippen LogP contribution in [0.4, 0.5) is 0 Å². The molecule has 0 spiro atoms. The first-order valence-corrected chi connectivity index (χ1v) is 34.3. The molecule has 8 rings (SSSR count). The summed E-state index contributed by atoms with van der Waals surface area (Å²) in [6.07, 6.45) is -86.7.